The van der Waals surface area contributed by atoms with Gasteiger partial charge in [-0.05, 0) is 39.1 Å². The van der Waals surface area contributed by atoms with E-state index in [1.807, 2.05) is 26.1 Å². The molecule has 3 nitrogen and oxygen atoms in total. The van der Waals surface area contributed by atoms with Crippen molar-refractivity contribution in [3.8, 4) is 0 Å². The van der Waals surface area contributed by atoms with Crippen LogP contribution in [0.4, 0.5) is 0 Å². The minimum atomic E-state index is -3.09. The Balaban J connectivity index is 2.73. The van der Waals surface area contributed by atoms with Gasteiger partial charge in [0, 0.05) is 0 Å². The summed E-state index contributed by atoms with van der Waals surface area (Å²) in [6, 6.07) is 6.99. The van der Waals surface area contributed by atoms with Gasteiger partial charge in [0.05, 0.1) is 10.6 Å². The fourth-order valence-corrected chi connectivity index (χ4v) is 2.61. The lowest BCUT2D eigenvalue weighted by Crippen LogP contribution is -2.14. The highest BCUT2D eigenvalue weighted by atomic mass is 32.2. The fraction of sp³-hybridized carbons (Fsp3) is 0.455. The molecule has 0 radical (unpaired) electrons. The van der Waals surface area contributed by atoms with Gasteiger partial charge in [0.2, 0.25) is 0 Å². The molecule has 0 aromatic heterocycles. The van der Waals surface area contributed by atoms with Crippen molar-refractivity contribution >= 4 is 9.84 Å². The van der Waals surface area contributed by atoms with Crippen LogP contribution in [0.1, 0.15) is 12.0 Å². The predicted molar refractivity (Wildman–Crippen MR) is 61.8 cm³/mol. The van der Waals surface area contributed by atoms with Crippen LogP contribution < -0.4 is 5.32 Å². The smallest absolute Gasteiger partial charge is 0.178 e. The van der Waals surface area contributed by atoms with Gasteiger partial charge < -0.3 is 5.32 Å². The van der Waals surface area contributed by atoms with Crippen LogP contribution in [0, 0.1) is 6.92 Å². The van der Waals surface area contributed by atoms with Crippen molar-refractivity contribution < 1.29 is 8.42 Å². The molecule has 1 aromatic carbocycles. The van der Waals surface area contributed by atoms with Gasteiger partial charge in [-0.1, -0.05) is 17.7 Å². The maximum atomic E-state index is 11.8. The van der Waals surface area contributed by atoms with E-state index in [1.165, 1.54) is 0 Å². The maximum absolute atomic E-state index is 11.8. The zero-order valence-corrected chi connectivity index (χ0v) is 9.97. The second kappa shape index (κ2) is 5.28. The largest absolute Gasteiger partial charge is 0.320 e. The summed E-state index contributed by atoms with van der Waals surface area (Å²) in [5.74, 6) is 0.205. The van der Waals surface area contributed by atoms with Crippen LogP contribution in [0.25, 0.3) is 0 Å². The molecule has 15 heavy (non-hydrogen) atoms. The zero-order valence-electron chi connectivity index (χ0n) is 9.16. The van der Waals surface area contributed by atoms with Crippen molar-refractivity contribution in [1.82, 2.24) is 5.32 Å². The van der Waals surface area contributed by atoms with E-state index in [0.29, 0.717) is 11.3 Å². The maximum Gasteiger partial charge on any atom is 0.178 e. The molecule has 0 fully saturated rings. The standard InChI is InChI=1S/C11H17NO2S/c1-10-4-6-11(7-5-10)15(13,14)9-3-8-12-2/h4-7,12H,3,8-9H2,1-2H3. The molecular weight excluding hydrogens is 210 g/mol. The summed E-state index contributed by atoms with van der Waals surface area (Å²) >= 11 is 0. The molecule has 0 heterocycles. The molecule has 84 valence electrons. The zero-order chi connectivity index (χ0) is 11.3. The van der Waals surface area contributed by atoms with Crippen molar-refractivity contribution in [3.05, 3.63) is 29.8 Å². The lowest BCUT2D eigenvalue weighted by Gasteiger charge is -2.04. The Morgan fingerprint density at radius 1 is 1.20 bits per heavy atom. The first-order valence-electron chi connectivity index (χ1n) is 5.00. The van der Waals surface area contributed by atoms with Gasteiger partial charge in [0.15, 0.2) is 9.84 Å². The summed E-state index contributed by atoms with van der Waals surface area (Å²) in [6.45, 7) is 2.67. The number of hydrogen-bond donors (Lipinski definition) is 1. The highest BCUT2D eigenvalue weighted by Crippen LogP contribution is 2.12. The van der Waals surface area contributed by atoms with E-state index in [4.69, 9.17) is 0 Å². The monoisotopic (exact) mass is 227 g/mol. The van der Waals surface area contributed by atoms with Crippen LogP contribution in [0.3, 0.4) is 0 Å². The van der Waals surface area contributed by atoms with Crippen molar-refractivity contribution in [2.45, 2.75) is 18.2 Å². The van der Waals surface area contributed by atoms with E-state index in [9.17, 15) is 8.42 Å². The van der Waals surface area contributed by atoms with Crippen LogP contribution in [-0.4, -0.2) is 27.8 Å². The van der Waals surface area contributed by atoms with Gasteiger partial charge in [0.1, 0.15) is 0 Å². The second-order valence-electron chi connectivity index (χ2n) is 3.59. The first-order chi connectivity index (χ1) is 7.06. The Kier molecular flexibility index (Phi) is 4.29. The molecule has 0 amide bonds. The molecule has 1 aromatic rings. The second-order valence-corrected chi connectivity index (χ2v) is 5.70. The Labute approximate surface area is 91.4 Å². The molecule has 0 aliphatic heterocycles. The van der Waals surface area contributed by atoms with E-state index in [2.05, 4.69) is 5.32 Å². The molecule has 0 aliphatic rings. The van der Waals surface area contributed by atoms with Crippen LogP contribution in [0.15, 0.2) is 29.2 Å². The summed E-state index contributed by atoms with van der Waals surface area (Å²) in [5, 5.41) is 2.94. The molecule has 0 spiro atoms. The van der Waals surface area contributed by atoms with E-state index >= 15 is 0 Å². The quantitative estimate of drug-likeness (QED) is 0.773. The van der Waals surface area contributed by atoms with E-state index in [0.717, 1.165) is 12.1 Å². The molecular formula is C11H17NO2S. The first-order valence-corrected chi connectivity index (χ1v) is 6.65. The Hall–Kier alpha value is -0.870. The highest BCUT2D eigenvalue weighted by Gasteiger charge is 2.12. The summed E-state index contributed by atoms with van der Waals surface area (Å²) in [5.41, 5.74) is 1.07. The fourth-order valence-electron chi connectivity index (χ4n) is 1.30. The molecule has 0 saturated carbocycles. The van der Waals surface area contributed by atoms with Crippen molar-refractivity contribution in [2.75, 3.05) is 19.3 Å². The normalized spacial score (nSPS) is 11.6. The third-order valence-electron chi connectivity index (χ3n) is 2.22. The van der Waals surface area contributed by atoms with Crippen LogP contribution in [0.5, 0.6) is 0 Å². The lowest BCUT2D eigenvalue weighted by molar-refractivity contribution is 0.591. The van der Waals surface area contributed by atoms with Crippen LogP contribution >= 0.6 is 0 Å². The average molecular weight is 227 g/mol. The van der Waals surface area contributed by atoms with Crippen molar-refractivity contribution in [1.29, 1.82) is 0 Å². The Morgan fingerprint density at radius 3 is 2.33 bits per heavy atom. The SMILES string of the molecule is CNCCCS(=O)(=O)c1ccc(C)cc1. The van der Waals surface area contributed by atoms with Crippen LogP contribution in [0.2, 0.25) is 0 Å². The number of rotatable bonds is 5. The Morgan fingerprint density at radius 2 is 1.80 bits per heavy atom. The van der Waals surface area contributed by atoms with Crippen molar-refractivity contribution in [3.63, 3.8) is 0 Å². The van der Waals surface area contributed by atoms with E-state index < -0.39 is 9.84 Å². The molecule has 1 rings (SSSR count). The third kappa shape index (κ3) is 3.64. The third-order valence-corrected chi connectivity index (χ3v) is 4.04. The number of aryl methyl sites for hydroxylation is 1. The number of hydrogen-bond acceptors (Lipinski definition) is 3. The van der Waals surface area contributed by atoms with Crippen molar-refractivity contribution in [2.24, 2.45) is 0 Å². The predicted octanol–water partition coefficient (Wildman–Crippen LogP) is 1.38. The van der Waals surface area contributed by atoms with Gasteiger partial charge in [-0.25, -0.2) is 8.42 Å². The number of nitrogens with one attached hydrogen (secondary N) is 1. The number of benzene rings is 1. The van der Waals surface area contributed by atoms with E-state index in [1.54, 1.807) is 12.1 Å². The minimum absolute atomic E-state index is 0.205. The molecule has 0 atom stereocenters. The molecule has 1 N–H and O–H groups in total. The van der Waals surface area contributed by atoms with Gasteiger partial charge in [-0.15, -0.1) is 0 Å². The lowest BCUT2D eigenvalue weighted by atomic mass is 10.2. The van der Waals surface area contributed by atoms with Gasteiger partial charge >= 0.3 is 0 Å². The molecule has 0 saturated heterocycles. The molecule has 0 bridgehead atoms. The minimum Gasteiger partial charge on any atom is -0.320 e. The summed E-state index contributed by atoms with van der Waals surface area (Å²) in [6.07, 6.45) is 0.646. The molecule has 0 aliphatic carbocycles. The number of sulfone groups is 1. The van der Waals surface area contributed by atoms with Gasteiger partial charge in [-0.2, -0.15) is 0 Å². The van der Waals surface area contributed by atoms with Crippen LogP contribution in [-0.2, 0) is 9.84 Å². The van der Waals surface area contributed by atoms with Gasteiger partial charge in [-0.3, -0.25) is 0 Å². The summed E-state index contributed by atoms with van der Waals surface area (Å²) < 4.78 is 23.6. The highest BCUT2D eigenvalue weighted by molar-refractivity contribution is 7.91. The van der Waals surface area contributed by atoms with Gasteiger partial charge in [0.25, 0.3) is 0 Å². The average Bonchev–Trinajstić information content (AvgIpc) is 2.18. The Bertz CT molecular complexity index is 395. The molecule has 0 unspecified atom stereocenters. The summed E-state index contributed by atoms with van der Waals surface area (Å²) in [4.78, 5) is 0.421. The summed E-state index contributed by atoms with van der Waals surface area (Å²) in [7, 11) is -1.27. The molecule has 4 heteroatoms. The topological polar surface area (TPSA) is 46.2 Å². The van der Waals surface area contributed by atoms with E-state index in [-0.39, 0.29) is 5.75 Å². The first kappa shape index (κ1) is 12.2.